The van der Waals surface area contributed by atoms with Crippen LogP contribution in [-0.2, 0) is 6.42 Å². The van der Waals surface area contributed by atoms with Crippen molar-refractivity contribution in [1.82, 2.24) is 4.98 Å². The van der Waals surface area contributed by atoms with E-state index in [4.69, 9.17) is 0 Å². The zero-order valence-corrected chi connectivity index (χ0v) is 7.43. The van der Waals surface area contributed by atoms with Gasteiger partial charge in [0.2, 0.25) is 0 Å². The number of aryl methyl sites for hydroxylation is 1. The number of carbonyl (C=O) groups excluding carboxylic acids is 1. The standard InChI is InChI=1S/C11H8FNO/c12-7-3-1-2-6-10-8(13-11(6)7)4-5-9(10)14/h1-3,13H,4-5H2. The minimum absolute atomic E-state index is 0.122. The monoisotopic (exact) mass is 189 g/mol. The summed E-state index contributed by atoms with van der Waals surface area (Å²) in [6.45, 7) is 0. The van der Waals surface area contributed by atoms with Crippen molar-refractivity contribution >= 4 is 16.7 Å². The van der Waals surface area contributed by atoms with Gasteiger partial charge in [0.15, 0.2) is 5.78 Å². The Bertz CT molecular complexity index is 541. The molecule has 0 saturated carbocycles. The number of hydrogen-bond acceptors (Lipinski definition) is 1. The number of Topliss-reactive ketones (excluding diaryl/α,β-unsaturated/α-hetero) is 1. The third kappa shape index (κ3) is 0.816. The van der Waals surface area contributed by atoms with Crippen molar-refractivity contribution in [3.63, 3.8) is 0 Å². The Labute approximate surface area is 79.7 Å². The summed E-state index contributed by atoms with van der Waals surface area (Å²) < 4.78 is 13.3. The Balaban J connectivity index is 2.47. The first kappa shape index (κ1) is 7.74. The van der Waals surface area contributed by atoms with Crippen LogP contribution in [0.1, 0.15) is 22.5 Å². The maximum atomic E-state index is 13.3. The second kappa shape index (κ2) is 2.44. The Morgan fingerprint density at radius 2 is 2.14 bits per heavy atom. The van der Waals surface area contributed by atoms with Gasteiger partial charge in [-0.3, -0.25) is 4.79 Å². The summed E-state index contributed by atoms with van der Waals surface area (Å²) in [5.41, 5.74) is 2.04. The predicted molar refractivity (Wildman–Crippen MR) is 50.9 cm³/mol. The number of fused-ring (bicyclic) bond motifs is 3. The van der Waals surface area contributed by atoms with Crippen molar-refractivity contribution in [2.75, 3.05) is 0 Å². The molecule has 70 valence electrons. The molecule has 1 N–H and O–H groups in total. The lowest BCUT2D eigenvalue weighted by atomic mass is 10.1. The van der Waals surface area contributed by atoms with Gasteiger partial charge in [0.05, 0.1) is 5.52 Å². The van der Waals surface area contributed by atoms with E-state index in [0.717, 1.165) is 11.1 Å². The number of H-pyrrole nitrogens is 1. The summed E-state index contributed by atoms with van der Waals surface area (Å²) in [5.74, 6) is -0.165. The van der Waals surface area contributed by atoms with Crippen molar-refractivity contribution in [2.45, 2.75) is 12.8 Å². The van der Waals surface area contributed by atoms with Crippen LogP contribution in [0.15, 0.2) is 18.2 Å². The number of aromatic amines is 1. The molecule has 3 rings (SSSR count). The number of rotatable bonds is 0. The van der Waals surface area contributed by atoms with Gasteiger partial charge in [-0.25, -0.2) is 4.39 Å². The van der Waals surface area contributed by atoms with Gasteiger partial charge in [-0.2, -0.15) is 0 Å². The normalized spacial score (nSPS) is 15.1. The molecule has 2 nitrogen and oxygen atoms in total. The van der Waals surface area contributed by atoms with Crippen LogP contribution in [-0.4, -0.2) is 10.8 Å². The summed E-state index contributed by atoms with van der Waals surface area (Å²) in [6, 6.07) is 4.83. The molecule has 0 unspecified atom stereocenters. The molecule has 0 aliphatic heterocycles. The van der Waals surface area contributed by atoms with E-state index in [1.54, 1.807) is 12.1 Å². The van der Waals surface area contributed by atoms with Crippen LogP contribution in [0.25, 0.3) is 10.9 Å². The van der Waals surface area contributed by atoms with Gasteiger partial charge in [0, 0.05) is 23.1 Å². The molecule has 1 aromatic carbocycles. The van der Waals surface area contributed by atoms with E-state index in [1.807, 2.05) is 0 Å². The van der Waals surface area contributed by atoms with E-state index in [2.05, 4.69) is 4.98 Å². The smallest absolute Gasteiger partial charge is 0.165 e. The van der Waals surface area contributed by atoms with E-state index in [1.165, 1.54) is 6.07 Å². The zero-order valence-electron chi connectivity index (χ0n) is 7.43. The van der Waals surface area contributed by atoms with Crippen LogP contribution in [0.5, 0.6) is 0 Å². The van der Waals surface area contributed by atoms with Crippen molar-refractivity contribution in [2.24, 2.45) is 0 Å². The van der Waals surface area contributed by atoms with Gasteiger partial charge < -0.3 is 4.98 Å². The third-order valence-corrected chi connectivity index (χ3v) is 2.74. The number of hydrogen-bond donors (Lipinski definition) is 1. The van der Waals surface area contributed by atoms with Crippen molar-refractivity contribution in [1.29, 1.82) is 0 Å². The number of carbonyl (C=O) groups is 1. The molecular weight excluding hydrogens is 181 g/mol. The molecule has 0 fully saturated rings. The van der Waals surface area contributed by atoms with E-state index in [0.29, 0.717) is 23.9 Å². The largest absolute Gasteiger partial charge is 0.355 e. The first-order chi connectivity index (χ1) is 6.77. The lowest BCUT2D eigenvalue weighted by molar-refractivity contribution is 0.0996. The van der Waals surface area contributed by atoms with E-state index >= 15 is 0 Å². The van der Waals surface area contributed by atoms with E-state index in [-0.39, 0.29) is 11.6 Å². The van der Waals surface area contributed by atoms with Crippen LogP contribution < -0.4 is 0 Å². The Kier molecular flexibility index (Phi) is 1.35. The van der Waals surface area contributed by atoms with E-state index < -0.39 is 0 Å². The van der Waals surface area contributed by atoms with Crippen LogP contribution in [0.4, 0.5) is 4.39 Å². The molecular formula is C11H8FNO. The lowest BCUT2D eigenvalue weighted by Gasteiger charge is -1.93. The molecule has 0 spiro atoms. The molecule has 0 amide bonds. The average Bonchev–Trinajstić information content (AvgIpc) is 2.68. The van der Waals surface area contributed by atoms with Gasteiger partial charge in [0.1, 0.15) is 5.82 Å². The minimum Gasteiger partial charge on any atom is -0.355 e. The molecule has 1 heterocycles. The fourth-order valence-electron chi connectivity index (χ4n) is 2.10. The highest BCUT2D eigenvalue weighted by atomic mass is 19.1. The number of nitrogens with one attached hydrogen (secondary N) is 1. The number of ketones is 1. The number of aromatic nitrogens is 1. The molecule has 0 radical (unpaired) electrons. The van der Waals surface area contributed by atoms with Crippen LogP contribution in [0.3, 0.4) is 0 Å². The fourth-order valence-corrected chi connectivity index (χ4v) is 2.10. The third-order valence-electron chi connectivity index (χ3n) is 2.74. The topological polar surface area (TPSA) is 32.9 Å². The quantitative estimate of drug-likeness (QED) is 0.678. The highest BCUT2D eigenvalue weighted by Crippen LogP contribution is 2.30. The van der Waals surface area contributed by atoms with Crippen LogP contribution in [0, 0.1) is 5.82 Å². The summed E-state index contributed by atoms with van der Waals surface area (Å²) in [5, 5.41) is 0.725. The van der Waals surface area contributed by atoms with Crippen molar-refractivity contribution < 1.29 is 9.18 Å². The van der Waals surface area contributed by atoms with E-state index in [9.17, 15) is 9.18 Å². The molecule has 14 heavy (non-hydrogen) atoms. The molecule has 2 aromatic rings. The van der Waals surface area contributed by atoms with Crippen LogP contribution in [0.2, 0.25) is 0 Å². The Hall–Kier alpha value is -1.64. The molecule has 1 aliphatic rings. The molecule has 0 bridgehead atoms. The lowest BCUT2D eigenvalue weighted by Crippen LogP contribution is -1.89. The van der Waals surface area contributed by atoms with Gasteiger partial charge in [-0.05, 0) is 12.5 Å². The maximum absolute atomic E-state index is 13.3. The van der Waals surface area contributed by atoms with Gasteiger partial charge in [-0.1, -0.05) is 12.1 Å². The molecule has 0 saturated heterocycles. The van der Waals surface area contributed by atoms with Gasteiger partial charge >= 0.3 is 0 Å². The second-order valence-corrected chi connectivity index (χ2v) is 3.56. The molecule has 0 atom stereocenters. The van der Waals surface area contributed by atoms with Crippen molar-refractivity contribution in [3.8, 4) is 0 Å². The second-order valence-electron chi connectivity index (χ2n) is 3.56. The Morgan fingerprint density at radius 3 is 3.00 bits per heavy atom. The summed E-state index contributed by atoms with van der Waals surface area (Å²) in [7, 11) is 0. The fraction of sp³-hybridized carbons (Fsp3) is 0.182. The predicted octanol–water partition coefficient (Wildman–Crippen LogP) is 2.44. The number of halogens is 1. The SMILES string of the molecule is O=C1CCc2[nH]c3c(F)cccc3c21. The van der Waals surface area contributed by atoms with Crippen molar-refractivity contribution in [3.05, 3.63) is 35.3 Å². The molecule has 3 heteroatoms. The highest BCUT2D eigenvalue weighted by molar-refractivity contribution is 6.11. The molecule has 1 aliphatic carbocycles. The first-order valence-electron chi connectivity index (χ1n) is 4.59. The van der Waals surface area contributed by atoms with Crippen LogP contribution >= 0.6 is 0 Å². The average molecular weight is 189 g/mol. The maximum Gasteiger partial charge on any atom is 0.165 e. The Morgan fingerprint density at radius 1 is 1.29 bits per heavy atom. The van der Waals surface area contributed by atoms with Gasteiger partial charge in [0.25, 0.3) is 0 Å². The highest BCUT2D eigenvalue weighted by Gasteiger charge is 2.25. The number of para-hydroxylation sites is 1. The van der Waals surface area contributed by atoms with Gasteiger partial charge in [-0.15, -0.1) is 0 Å². The first-order valence-corrected chi connectivity index (χ1v) is 4.59. The minimum atomic E-state index is -0.287. The summed E-state index contributed by atoms with van der Waals surface area (Å²) >= 11 is 0. The summed E-state index contributed by atoms with van der Waals surface area (Å²) in [4.78, 5) is 14.5. The number of benzene rings is 1. The molecule has 1 aromatic heterocycles. The summed E-state index contributed by atoms with van der Waals surface area (Å²) in [6.07, 6.45) is 1.26. The zero-order chi connectivity index (χ0) is 9.71.